The van der Waals surface area contributed by atoms with Crippen molar-refractivity contribution in [3.63, 3.8) is 0 Å². The van der Waals surface area contributed by atoms with Gasteiger partial charge in [-0.1, -0.05) is 6.07 Å². The Labute approximate surface area is 146 Å². The number of piperidine rings is 1. The van der Waals surface area contributed by atoms with Crippen LogP contribution in [0.25, 0.3) is 0 Å². The van der Waals surface area contributed by atoms with E-state index in [9.17, 15) is 8.78 Å². The van der Waals surface area contributed by atoms with E-state index in [2.05, 4.69) is 20.2 Å². The first kappa shape index (κ1) is 17.5. The summed E-state index contributed by atoms with van der Waals surface area (Å²) < 4.78 is 26.3. The molecule has 0 atom stereocenters. The molecule has 1 aromatic carbocycles. The predicted molar refractivity (Wildman–Crippen MR) is 94.6 cm³/mol. The lowest BCUT2D eigenvalue weighted by Gasteiger charge is -2.32. The number of nitrogens with one attached hydrogen (secondary N) is 1. The first-order chi connectivity index (χ1) is 12.0. The lowest BCUT2D eigenvalue weighted by Crippen LogP contribution is -2.38. The van der Waals surface area contributed by atoms with E-state index < -0.39 is 11.6 Å². The smallest absolute Gasteiger partial charge is 0.226 e. The van der Waals surface area contributed by atoms with Crippen molar-refractivity contribution in [1.29, 1.82) is 0 Å². The maximum atomic E-state index is 13.3. The van der Waals surface area contributed by atoms with Crippen molar-refractivity contribution in [3.8, 4) is 0 Å². The van der Waals surface area contributed by atoms with Crippen LogP contribution in [-0.4, -0.2) is 48.1 Å². The van der Waals surface area contributed by atoms with Gasteiger partial charge in [-0.2, -0.15) is 4.98 Å². The number of aromatic nitrogens is 2. The molecule has 0 unspecified atom stereocenters. The molecule has 1 saturated heterocycles. The van der Waals surface area contributed by atoms with E-state index in [4.69, 9.17) is 0 Å². The third kappa shape index (κ3) is 4.63. The molecule has 1 N–H and O–H groups in total. The Kier molecular flexibility index (Phi) is 5.43. The fraction of sp³-hybridized carbons (Fsp3) is 0.444. The van der Waals surface area contributed by atoms with E-state index in [1.54, 1.807) is 12.3 Å². The maximum Gasteiger partial charge on any atom is 0.226 e. The third-order valence-corrected chi connectivity index (χ3v) is 4.37. The number of rotatable bonds is 5. The summed E-state index contributed by atoms with van der Waals surface area (Å²) in [7, 11) is 3.83. The van der Waals surface area contributed by atoms with Gasteiger partial charge >= 0.3 is 0 Å². The van der Waals surface area contributed by atoms with Gasteiger partial charge in [0.15, 0.2) is 11.6 Å². The minimum atomic E-state index is -0.798. The predicted octanol–water partition coefficient (Wildman–Crippen LogP) is 2.90. The first-order valence-corrected chi connectivity index (χ1v) is 8.44. The minimum Gasteiger partial charge on any atom is -0.367 e. The van der Waals surface area contributed by atoms with E-state index in [-0.39, 0.29) is 0 Å². The van der Waals surface area contributed by atoms with Crippen molar-refractivity contribution < 1.29 is 8.78 Å². The second-order valence-corrected chi connectivity index (χ2v) is 6.58. The molecule has 0 bridgehead atoms. The van der Waals surface area contributed by atoms with Gasteiger partial charge in [0, 0.05) is 46.0 Å². The molecule has 1 fully saturated rings. The highest BCUT2D eigenvalue weighted by Gasteiger charge is 2.20. The van der Waals surface area contributed by atoms with E-state index >= 15 is 0 Å². The summed E-state index contributed by atoms with van der Waals surface area (Å²) in [5.41, 5.74) is 0.803. The summed E-state index contributed by atoms with van der Waals surface area (Å²) in [5, 5.41) is 3.46. The molecule has 1 aromatic heterocycles. The van der Waals surface area contributed by atoms with Crippen molar-refractivity contribution in [2.24, 2.45) is 0 Å². The molecule has 2 aromatic rings. The molecule has 1 aliphatic rings. The van der Waals surface area contributed by atoms with Gasteiger partial charge < -0.3 is 10.2 Å². The van der Waals surface area contributed by atoms with Gasteiger partial charge in [-0.05, 0) is 36.6 Å². The zero-order valence-corrected chi connectivity index (χ0v) is 14.5. The van der Waals surface area contributed by atoms with Gasteiger partial charge in [-0.3, -0.25) is 4.90 Å². The average molecular weight is 347 g/mol. The Balaban J connectivity index is 1.51. The van der Waals surface area contributed by atoms with Crippen molar-refractivity contribution in [1.82, 2.24) is 14.9 Å². The molecule has 0 amide bonds. The molecule has 7 heteroatoms. The molecule has 5 nitrogen and oxygen atoms in total. The Morgan fingerprint density at radius 1 is 1.16 bits per heavy atom. The summed E-state index contributed by atoms with van der Waals surface area (Å²) in [6.07, 6.45) is 3.71. The average Bonchev–Trinajstić information content (AvgIpc) is 2.60. The van der Waals surface area contributed by atoms with Crippen LogP contribution in [0.4, 0.5) is 20.5 Å². The lowest BCUT2D eigenvalue weighted by atomic mass is 10.0. The van der Waals surface area contributed by atoms with Crippen molar-refractivity contribution >= 4 is 11.8 Å². The first-order valence-electron chi connectivity index (χ1n) is 8.44. The SMILES string of the molecule is CN(C)c1nccc(NC2CCN(Cc3ccc(F)c(F)c3)CC2)n1. The van der Waals surface area contributed by atoms with Crippen LogP contribution in [0.3, 0.4) is 0 Å². The van der Waals surface area contributed by atoms with E-state index in [0.29, 0.717) is 18.5 Å². The van der Waals surface area contributed by atoms with E-state index in [0.717, 1.165) is 37.3 Å². The van der Waals surface area contributed by atoms with Crippen LogP contribution in [0.1, 0.15) is 18.4 Å². The Hall–Kier alpha value is -2.28. The van der Waals surface area contributed by atoms with Crippen molar-refractivity contribution in [3.05, 3.63) is 47.7 Å². The van der Waals surface area contributed by atoms with Gasteiger partial charge in [0.1, 0.15) is 5.82 Å². The standard InChI is InChI=1S/C18H23F2N5/c1-24(2)18-21-8-5-17(23-18)22-14-6-9-25(10-7-14)12-13-3-4-15(19)16(20)11-13/h3-5,8,11,14H,6-7,9-10,12H2,1-2H3,(H,21,22,23). The van der Waals surface area contributed by atoms with Crippen molar-refractivity contribution in [2.45, 2.75) is 25.4 Å². The largest absolute Gasteiger partial charge is 0.367 e. The normalized spacial score (nSPS) is 16.0. The number of benzene rings is 1. The number of halogens is 2. The quantitative estimate of drug-likeness (QED) is 0.901. The van der Waals surface area contributed by atoms with Gasteiger partial charge in [0.05, 0.1) is 0 Å². The molecule has 2 heterocycles. The number of hydrogen-bond donors (Lipinski definition) is 1. The fourth-order valence-electron chi connectivity index (χ4n) is 2.99. The number of likely N-dealkylation sites (tertiary alicyclic amines) is 1. The van der Waals surface area contributed by atoms with Crippen LogP contribution in [0.15, 0.2) is 30.5 Å². The highest BCUT2D eigenvalue weighted by Crippen LogP contribution is 2.19. The molecule has 25 heavy (non-hydrogen) atoms. The minimum absolute atomic E-state index is 0.353. The lowest BCUT2D eigenvalue weighted by molar-refractivity contribution is 0.211. The van der Waals surface area contributed by atoms with Crippen molar-refractivity contribution in [2.75, 3.05) is 37.4 Å². The number of nitrogens with zero attached hydrogens (tertiary/aromatic N) is 4. The molecule has 3 rings (SSSR count). The molecule has 0 radical (unpaired) electrons. The maximum absolute atomic E-state index is 13.3. The second kappa shape index (κ2) is 7.74. The highest BCUT2D eigenvalue weighted by atomic mass is 19.2. The topological polar surface area (TPSA) is 44.3 Å². The summed E-state index contributed by atoms with van der Waals surface area (Å²) in [6, 6.07) is 6.35. The van der Waals surface area contributed by atoms with Crippen LogP contribution in [0, 0.1) is 11.6 Å². The molecule has 134 valence electrons. The van der Waals surface area contributed by atoms with Gasteiger partial charge in [0.25, 0.3) is 0 Å². The van der Waals surface area contributed by atoms with E-state index in [1.807, 2.05) is 25.1 Å². The van der Waals surface area contributed by atoms with Crippen LogP contribution in [0.2, 0.25) is 0 Å². The number of hydrogen-bond acceptors (Lipinski definition) is 5. The van der Waals surface area contributed by atoms with Crippen LogP contribution < -0.4 is 10.2 Å². The molecule has 0 aliphatic carbocycles. The van der Waals surface area contributed by atoms with Gasteiger partial charge in [-0.15, -0.1) is 0 Å². The molecule has 0 saturated carbocycles. The Bertz CT molecular complexity index is 714. The number of anilines is 2. The third-order valence-electron chi connectivity index (χ3n) is 4.37. The summed E-state index contributed by atoms with van der Waals surface area (Å²) in [4.78, 5) is 12.8. The van der Waals surface area contributed by atoms with Crippen LogP contribution in [-0.2, 0) is 6.54 Å². The van der Waals surface area contributed by atoms with Gasteiger partial charge in [-0.25, -0.2) is 13.8 Å². The van der Waals surface area contributed by atoms with E-state index in [1.165, 1.54) is 12.1 Å². The summed E-state index contributed by atoms with van der Waals surface area (Å²) in [5.74, 6) is -0.0679. The van der Waals surface area contributed by atoms with Gasteiger partial charge in [0.2, 0.25) is 5.95 Å². The Morgan fingerprint density at radius 3 is 2.60 bits per heavy atom. The fourth-order valence-corrected chi connectivity index (χ4v) is 2.99. The van der Waals surface area contributed by atoms with Crippen LogP contribution in [0.5, 0.6) is 0 Å². The molecule has 0 spiro atoms. The zero-order valence-electron chi connectivity index (χ0n) is 14.5. The second-order valence-electron chi connectivity index (χ2n) is 6.58. The monoisotopic (exact) mass is 347 g/mol. The van der Waals surface area contributed by atoms with Crippen LogP contribution >= 0.6 is 0 Å². The molecular formula is C18H23F2N5. The Morgan fingerprint density at radius 2 is 1.92 bits per heavy atom. The highest BCUT2D eigenvalue weighted by molar-refractivity contribution is 5.41. The summed E-state index contributed by atoms with van der Waals surface area (Å²) in [6.45, 7) is 2.45. The summed E-state index contributed by atoms with van der Waals surface area (Å²) >= 11 is 0. The molecular weight excluding hydrogens is 324 g/mol. The zero-order chi connectivity index (χ0) is 17.8. The molecule has 1 aliphatic heterocycles.